The van der Waals surface area contributed by atoms with Crippen LogP contribution in [-0.4, -0.2) is 46.6 Å². The minimum atomic E-state index is -4.52. The van der Waals surface area contributed by atoms with E-state index < -0.39 is 50.9 Å². The molecule has 10 nitrogen and oxygen atoms in total. The summed E-state index contributed by atoms with van der Waals surface area (Å²) in [5.74, 6) is -1.80. The highest BCUT2D eigenvalue weighted by Crippen LogP contribution is 2.39. The number of hydrogen-bond donors (Lipinski definition) is 1. The summed E-state index contributed by atoms with van der Waals surface area (Å²) in [6.07, 6.45) is 1.14. The largest absolute Gasteiger partial charge is 0.487 e. The summed E-state index contributed by atoms with van der Waals surface area (Å²) < 4.78 is 82.5. The first-order chi connectivity index (χ1) is 21.4. The molecule has 0 aliphatic carbocycles. The number of ether oxygens (including phenoxy) is 2. The van der Waals surface area contributed by atoms with Crippen LogP contribution in [0.4, 0.5) is 15.8 Å². The van der Waals surface area contributed by atoms with E-state index in [1.165, 1.54) is 6.07 Å². The Labute approximate surface area is 262 Å². The van der Waals surface area contributed by atoms with Gasteiger partial charge >= 0.3 is 10.2 Å². The smallest absolute Gasteiger partial charge is 0.331 e. The fraction of sp³-hybridized carbons (Fsp3) is 0.219. The maximum atomic E-state index is 16.0. The van der Waals surface area contributed by atoms with Crippen molar-refractivity contribution in [2.45, 2.75) is 26.6 Å². The third-order valence-electron chi connectivity index (χ3n) is 6.96. The second-order valence-electron chi connectivity index (χ2n) is 10.6. The van der Waals surface area contributed by atoms with Crippen molar-refractivity contribution in [3.05, 3.63) is 125 Å². The van der Waals surface area contributed by atoms with E-state index in [9.17, 15) is 21.6 Å². The summed E-state index contributed by atoms with van der Waals surface area (Å²) in [4.78, 5) is 12.9. The van der Waals surface area contributed by atoms with Gasteiger partial charge < -0.3 is 9.47 Å². The van der Waals surface area contributed by atoms with Gasteiger partial charge in [-0.25, -0.2) is 17.1 Å². The number of benzene rings is 4. The topological polar surface area (TPSA) is 122 Å². The standard InChI is InChI=1S/C32H32FN3O7S2/c1-23-13-14-27(29(15-23)34-44(2,38)39)16-26-17-28(33)32(30(18-26)43-21-25-11-7-4-8-12-25)35-19-31(37)36(45(35,40)41)22-42-20-24-9-5-3-6-10-24/h3-15,17-18,34H,16,19-22H2,1-2H3. The molecule has 13 heteroatoms. The number of anilines is 2. The Bertz CT molecular complexity index is 1910. The van der Waals surface area contributed by atoms with E-state index in [2.05, 4.69) is 4.72 Å². The molecule has 1 aliphatic heterocycles. The Balaban J connectivity index is 1.47. The third-order valence-corrected chi connectivity index (χ3v) is 9.29. The van der Waals surface area contributed by atoms with E-state index in [1.54, 1.807) is 54.6 Å². The SMILES string of the molecule is Cc1ccc(Cc2cc(F)c(N3CC(=O)N(COCc4ccccc4)S3(=O)=O)c(OCc3ccccc3)c2)c(NS(C)(=O)=O)c1. The van der Waals surface area contributed by atoms with Gasteiger partial charge in [-0.15, -0.1) is 0 Å². The molecule has 0 saturated carbocycles. The lowest BCUT2D eigenvalue weighted by Gasteiger charge is -2.23. The average molecular weight is 654 g/mol. The zero-order chi connectivity index (χ0) is 32.2. The molecule has 1 N–H and O–H groups in total. The van der Waals surface area contributed by atoms with Crippen molar-refractivity contribution in [2.75, 3.05) is 28.6 Å². The van der Waals surface area contributed by atoms with Crippen molar-refractivity contribution in [1.29, 1.82) is 0 Å². The summed E-state index contributed by atoms with van der Waals surface area (Å²) in [6.45, 7) is 0.693. The van der Waals surface area contributed by atoms with Gasteiger partial charge in [-0.05, 0) is 59.4 Å². The van der Waals surface area contributed by atoms with E-state index in [4.69, 9.17) is 9.47 Å². The molecule has 1 saturated heterocycles. The number of hydrogen-bond acceptors (Lipinski definition) is 7. The molecule has 1 fully saturated rings. The number of nitrogens with zero attached hydrogens (tertiary/aromatic N) is 2. The monoisotopic (exact) mass is 653 g/mol. The first kappa shape index (κ1) is 31.9. The average Bonchev–Trinajstić information content (AvgIpc) is 3.20. The summed E-state index contributed by atoms with van der Waals surface area (Å²) in [5, 5.41) is 0. The van der Waals surface area contributed by atoms with Gasteiger partial charge in [0.05, 0.1) is 18.6 Å². The minimum absolute atomic E-state index is 0.00607. The van der Waals surface area contributed by atoms with Gasteiger partial charge in [0.15, 0.2) is 5.82 Å². The molecule has 4 aromatic rings. The second-order valence-corrected chi connectivity index (χ2v) is 14.2. The van der Waals surface area contributed by atoms with Gasteiger partial charge in [0.2, 0.25) is 10.0 Å². The normalized spacial score (nSPS) is 14.5. The molecule has 4 aromatic carbocycles. The summed E-state index contributed by atoms with van der Waals surface area (Å²) in [6, 6.07) is 26.0. The Hall–Kier alpha value is -4.46. The van der Waals surface area contributed by atoms with Crippen LogP contribution < -0.4 is 13.8 Å². The van der Waals surface area contributed by atoms with Gasteiger partial charge in [-0.3, -0.25) is 9.52 Å². The van der Waals surface area contributed by atoms with Crippen molar-refractivity contribution in [1.82, 2.24) is 4.31 Å². The predicted molar refractivity (Wildman–Crippen MR) is 169 cm³/mol. The lowest BCUT2D eigenvalue weighted by atomic mass is 10.0. The summed E-state index contributed by atoms with van der Waals surface area (Å²) in [7, 11) is -8.12. The molecule has 5 rings (SSSR count). The molecule has 45 heavy (non-hydrogen) atoms. The molecule has 0 aromatic heterocycles. The zero-order valence-corrected chi connectivity index (χ0v) is 26.3. The molecule has 0 spiro atoms. The number of amides is 1. The van der Waals surface area contributed by atoms with Crippen LogP contribution in [0.5, 0.6) is 5.75 Å². The maximum Gasteiger partial charge on any atom is 0.331 e. The van der Waals surface area contributed by atoms with Crippen molar-refractivity contribution in [3.63, 3.8) is 0 Å². The second kappa shape index (κ2) is 13.3. The molecule has 0 unspecified atom stereocenters. The van der Waals surface area contributed by atoms with E-state index in [-0.39, 0.29) is 25.4 Å². The Morgan fingerprint density at radius 2 is 1.53 bits per heavy atom. The maximum absolute atomic E-state index is 16.0. The quantitative estimate of drug-likeness (QED) is 0.234. The molecule has 1 heterocycles. The van der Waals surface area contributed by atoms with Crippen LogP contribution in [-0.2, 0) is 49.4 Å². The van der Waals surface area contributed by atoms with Crippen molar-refractivity contribution in [2.24, 2.45) is 0 Å². The Morgan fingerprint density at radius 1 is 0.889 bits per heavy atom. The molecule has 0 bridgehead atoms. The van der Waals surface area contributed by atoms with E-state index in [0.29, 0.717) is 25.4 Å². The molecular weight excluding hydrogens is 621 g/mol. The van der Waals surface area contributed by atoms with Crippen LogP contribution in [0.25, 0.3) is 0 Å². The number of rotatable bonds is 12. The summed E-state index contributed by atoms with van der Waals surface area (Å²) >= 11 is 0. The number of carbonyl (C=O) groups excluding carboxylic acids is 1. The molecule has 0 atom stereocenters. The fourth-order valence-corrected chi connectivity index (χ4v) is 6.89. The number of nitrogens with one attached hydrogen (secondary N) is 1. The van der Waals surface area contributed by atoms with Crippen LogP contribution in [0.15, 0.2) is 91.0 Å². The molecule has 1 aliphatic rings. The van der Waals surface area contributed by atoms with E-state index in [0.717, 1.165) is 29.0 Å². The van der Waals surface area contributed by atoms with Gasteiger partial charge in [0, 0.05) is 0 Å². The fourth-order valence-electron chi connectivity index (χ4n) is 4.86. The van der Waals surface area contributed by atoms with Gasteiger partial charge in [0.1, 0.15) is 31.3 Å². The number of carbonyl (C=O) groups is 1. The number of sulfonamides is 1. The Kier molecular flexibility index (Phi) is 9.42. The first-order valence-electron chi connectivity index (χ1n) is 13.9. The van der Waals surface area contributed by atoms with Crippen molar-refractivity contribution < 1.29 is 35.5 Å². The molecule has 236 valence electrons. The lowest BCUT2D eigenvalue weighted by molar-refractivity contribution is -0.127. The zero-order valence-electron chi connectivity index (χ0n) is 24.6. The lowest BCUT2D eigenvalue weighted by Crippen LogP contribution is -2.36. The summed E-state index contributed by atoms with van der Waals surface area (Å²) in [5.41, 5.74) is 3.26. The van der Waals surface area contributed by atoms with Gasteiger partial charge in [-0.2, -0.15) is 12.7 Å². The van der Waals surface area contributed by atoms with Crippen LogP contribution >= 0.6 is 0 Å². The third kappa shape index (κ3) is 7.80. The highest BCUT2D eigenvalue weighted by molar-refractivity contribution is 7.92. The van der Waals surface area contributed by atoms with Crippen LogP contribution in [0, 0.1) is 12.7 Å². The Morgan fingerprint density at radius 3 is 2.18 bits per heavy atom. The highest BCUT2D eigenvalue weighted by Gasteiger charge is 2.45. The van der Waals surface area contributed by atoms with E-state index >= 15 is 4.39 Å². The van der Waals surface area contributed by atoms with Gasteiger partial charge in [-0.1, -0.05) is 72.8 Å². The predicted octanol–water partition coefficient (Wildman–Crippen LogP) is 4.74. The minimum Gasteiger partial charge on any atom is -0.487 e. The van der Waals surface area contributed by atoms with Crippen LogP contribution in [0.2, 0.25) is 0 Å². The van der Waals surface area contributed by atoms with Crippen molar-refractivity contribution >= 4 is 37.5 Å². The van der Waals surface area contributed by atoms with Crippen LogP contribution in [0.1, 0.15) is 27.8 Å². The highest BCUT2D eigenvalue weighted by atomic mass is 32.2. The molecule has 0 radical (unpaired) electrons. The van der Waals surface area contributed by atoms with Gasteiger partial charge in [0.25, 0.3) is 5.91 Å². The van der Waals surface area contributed by atoms with Crippen molar-refractivity contribution in [3.8, 4) is 5.75 Å². The molecule has 1 amide bonds. The number of aryl methyl sites for hydroxylation is 1. The van der Waals surface area contributed by atoms with E-state index in [1.807, 2.05) is 31.2 Å². The number of halogens is 1. The first-order valence-corrected chi connectivity index (χ1v) is 17.2. The van der Waals surface area contributed by atoms with Crippen LogP contribution in [0.3, 0.4) is 0 Å². The molecular formula is C32H32FN3O7S2.